The second kappa shape index (κ2) is 10.8. The van der Waals surface area contributed by atoms with Gasteiger partial charge in [-0.25, -0.2) is 4.39 Å². The van der Waals surface area contributed by atoms with Gasteiger partial charge in [0.15, 0.2) is 0 Å². The van der Waals surface area contributed by atoms with Gasteiger partial charge in [0, 0.05) is 40.9 Å². The number of halogens is 1. The summed E-state index contributed by atoms with van der Waals surface area (Å²) in [6.45, 7) is 4.46. The summed E-state index contributed by atoms with van der Waals surface area (Å²) in [5, 5.41) is 0. The molecule has 2 aromatic carbocycles. The molecule has 3 aromatic rings. The van der Waals surface area contributed by atoms with Gasteiger partial charge in [0.25, 0.3) is 5.91 Å². The van der Waals surface area contributed by atoms with E-state index in [9.17, 15) is 14.0 Å². The van der Waals surface area contributed by atoms with Gasteiger partial charge >= 0.3 is 0 Å². The molecule has 0 spiro atoms. The maximum absolute atomic E-state index is 13.5. The predicted octanol–water partition coefficient (Wildman–Crippen LogP) is 5.32. The van der Waals surface area contributed by atoms with Gasteiger partial charge in [-0.15, -0.1) is 11.3 Å². The third-order valence-corrected chi connectivity index (χ3v) is 7.18. The molecule has 172 valence electrons. The van der Waals surface area contributed by atoms with Crippen LogP contribution in [0.4, 0.5) is 4.39 Å². The second-order valence-corrected chi connectivity index (χ2v) is 9.95. The largest absolute Gasteiger partial charge is 0.339 e. The summed E-state index contributed by atoms with van der Waals surface area (Å²) < 4.78 is 13.2. The van der Waals surface area contributed by atoms with E-state index in [0.717, 1.165) is 6.42 Å². The van der Waals surface area contributed by atoms with Crippen LogP contribution in [-0.2, 0) is 17.8 Å². The first kappa shape index (κ1) is 23.2. The first-order chi connectivity index (χ1) is 16.0. The van der Waals surface area contributed by atoms with Crippen LogP contribution >= 0.6 is 11.3 Å². The minimum atomic E-state index is -0.354. The van der Waals surface area contributed by atoms with Crippen molar-refractivity contribution in [3.63, 3.8) is 0 Å². The minimum absolute atomic E-state index is 0.0842. The Morgan fingerprint density at radius 1 is 1.00 bits per heavy atom. The van der Waals surface area contributed by atoms with Crippen molar-refractivity contribution in [1.82, 2.24) is 9.80 Å². The molecule has 6 heteroatoms. The van der Waals surface area contributed by atoms with E-state index in [1.165, 1.54) is 39.6 Å². The number of aryl methyl sites for hydroxylation is 1. The molecule has 1 fully saturated rings. The fourth-order valence-corrected chi connectivity index (χ4v) is 5.20. The third-order valence-electron chi connectivity index (χ3n) is 6.19. The molecule has 2 heterocycles. The van der Waals surface area contributed by atoms with Crippen LogP contribution in [0.3, 0.4) is 0 Å². The Morgan fingerprint density at radius 2 is 1.70 bits per heavy atom. The third kappa shape index (κ3) is 6.08. The summed E-state index contributed by atoms with van der Waals surface area (Å²) in [6, 6.07) is 20.1. The molecule has 0 atom stereocenters. The van der Waals surface area contributed by atoms with Gasteiger partial charge in [-0.3, -0.25) is 9.59 Å². The maximum Gasteiger partial charge on any atom is 0.253 e. The number of nitrogens with zero attached hydrogens (tertiary/aromatic N) is 2. The fraction of sp³-hybridized carbons (Fsp3) is 0.333. The maximum atomic E-state index is 13.5. The molecule has 0 N–H and O–H groups in total. The van der Waals surface area contributed by atoms with Crippen LogP contribution < -0.4 is 0 Å². The predicted molar refractivity (Wildman–Crippen MR) is 130 cm³/mol. The Kier molecular flexibility index (Phi) is 7.55. The van der Waals surface area contributed by atoms with Gasteiger partial charge in [-0.1, -0.05) is 30.3 Å². The molecule has 1 saturated heterocycles. The van der Waals surface area contributed by atoms with Crippen LogP contribution in [0.1, 0.15) is 38.5 Å². The zero-order valence-corrected chi connectivity index (χ0v) is 19.7. The van der Waals surface area contributed by atoms with E-state index >= 15 is 0 Å². The van der Waals surface area contributed by atoms with Gasteiger partial charge < -0.3 is 9.80 Å². The number of hydrogen-bond acceptors (Lipinski definition) is 3. The zero-order valence-electron chi connectivity index (χ0n) is 18.9. The SMILES string of the molecule is Cc1ccc(CN(CCc2ccccc2)C(=O)C2CCN(C(=O)c3ccc(F)cc3)CC2)s1. The van der Waals surface area contributed by atoms with E-state index in [4.69, 9.17) is 0 Å². The molecule has 4 nitrogen and oxygen atoms in total. The number of benzene rings is 2. The van der Waals surface area contributed by atoms with E-state index in [0.29, 0.717) is 44.6 Å². The van der Waals surface area contributed by atoms with Crippen LogP contribution in [0.25, 0.3) is 0 Å². The average Bonchev–Trinajstić information content (AvgIpc) is 3.26. The lowest BCUT2D eigenvalue weighted by molar-refractivity contribution is -0.137. The number of likely N-dealkylation sites (tertiary alicyclic amines) is 1. The van der Waals surface area contributed by atoms with E-state index in [1.807, 2.05) is 23.1 Å². The second-order valence-electron chi connectivity index (χ2n) is 8.58. The smallest absolute Gasteiger partial charge is 0.253 e. The van der Waals surface area contributed by atoms with E-state index in [-0.39, 0.29) is 23.5 Å². The molecule has 0 radical (unpaired) electrons. The Hall–Kier alpha value is -2.99. The zero-order chi connectivity index (χ0) is 23.2. The Labute approximate surface area is 198 Å². The summed E-state index contributed by atoms with van der Waals surface area (Å²) in [5.74, 6) is -0.367. The van der Waals surface area contributed by atoms with Crippen molar-refractivity contribution < 1.29 is 14.0 Å². The van der Waals surface area contributed by atoms with Crippen molar-refractivity contribution in [2.75, 3.05) is 19.6 Å². The molecule has 1 aromatic heterocycles. The molecule has 0 saturated carbocycles. The summed E-state index contributed by atoms with van der Waals surface area (Å²) in [6.07, 6.45) is 2.12. The van der Waals surface area contributed by atoms with Crippen molar-refractivity contribution in [2.45, 2.75) is 32.7 Å². The van der Waals surface area contributed by atoms with Crippen molar-refractivity contribution in [3.05, 3.63) is 93.4 Å². The van der Waals surface area contributed by atoms with Crippen LogP contribution in [0, 0.1) is 18.7 Å². The molecule has 1 aliphatic heterocycles. The number of piperidine rings is 1. The number of hydrogen-bond donors (Lipinski definition) is 0. The first-order valence-corrected chi connectivity index (χ1v) is 12.2. The lowest BCUT2D eigenvalue weighted by Crippen LogP contribution is -2.44. The number of amides is 2. The Balaban J connectivity index is 1.39. The first-order valence-electron chi connectivity index (χ1n) is 11.4. The van der Waals surface area contributed by atoms with Gasteiger partial charge in [-0.2, -0.15) is 0 Å². The molecule has 2 amide bonds. The lowest BCUT2D eigenvalue weighted by Gasteiger charge is -2.34. The number of thiophene rings is 1. The van der Waals surface area contributed by atoms with Crippen LogP contribution in [0.15, 0.2) is 66.7 Å². The Morgan fingerprint density at radius 3 is 2.33 bits per heavy atom. The molecule has 0 bridgehead atoms. The minimum Gasteiger partial charge on any atom is -0.339 e. The quantitative estimate of drug-likeness (QED) is 0.475. The van der Waals surface area contributed by atoms with Crippen LogP contribution in [0.5, 0.6) is 0 Å². The standard InChI is InChI=1S/C27H29FN2O2S/c1-20-7-12-25(33-20)19-30(16-13-21-5-3-2-4-6-21)27(32)23-14-17-29(18-15-23)26(31)22-8-10-24(28)11-9-22/h2-12,23H,13-19H2,1H3. The lowest BCUT2D eigenvalue weighted by atomic mass is 9.94. The van der Waals surface area contributed by atoms with Gasteiger partial charge in [-0.05, 0) is 68.1 Å². The highest BCUT2D eigenvalue weighted by Gasteiger charge is 2.30. The molecule has 4 rings (SSSR count). The van der Waals surface area contributed by atoms with Gasteiger partial charge in [0.2, 0.25) is 5.91 Å². The molecule has 0 unspecified atom stereocenters. The normalized spacial score (nSPS) is 14.3. The molecular formula is C27H29FN2O2S. The van der Waals surface area contributed by atoms with Crippen molar-refractivity contribution in [2.24, 2.45) is 5.92 Å². The molecule has 0 aliphatic carbocycles. The topological polar surface area (TPSA) is 40.6 Å². The van der Waals surface area contributed by atoms with Crippen LogP contribution in [-0.4, -0.2) is 41.2 Å². The van der Waals surface area contributed by atoms with Gasteiger partial charge in [0.1, 0.15) is 5.82 Å². The molecule has 33 heavy (non-hydrogen) atoms. The summed E-state index contributed by atoms with van der Waals surface area (Å²) >= 11 is 1.73. The van der Waals surface area contributed by atoms with Crippen molar-refractivity contribution >= 4 is 23.2 Å². The average molecular weight is 465 g/mol. The van der Waals surface area contributed by atoms with E-state index in [2.05, 4.69) is 31.2 Å². The highest BCUT2D eigenvalue weighted by Crippen LogP contribution is 2.24. The Bertz CT molecular complexity index is 1070. The van der Waals surface area contributed by atoms with E-state index in [1.54, 1.807) is 16.2 Å². The summed E-state index contributed by atoms with van der Waals surface area (Å²) in [4.78, 5) is 32.4. The van der Waals surface area contributed by atoms with Crippen molar-refractivity contribution in [1.29, 1.82) is 0 Å². The van der Waals surface area contributed by atoms with Crippen LogP contribution in [0.2, 0.25) is 0 Å². The van der Waals surface area contributed by atoms with Gasteiger partial charge in [0.05, 0.1) is 6.54 Å². The monoisotopic (exact) mass is 464 g/mol. The van der Waals surface area contributed by atoms with Crippen molar-refractivity contribution in [3.8, 4) is 0 Å². The fourth-order valence-electron chi connectivity index (χ4n) is 4.30. The van der Waals surface area contributed by atoms with E-state index < -0.39 is 0 Å². The molecular weight excluding hydrogens is 435 g/mol. The highest BCUT2D eigenvalue weighted by molar-refractivity contribution is 7.11. The number of rotatable bonds is 7. The number of carbonyl (C=O) groups excluding carboxylic acids is 2. The summed E-state index contributed by atoms with van der Waals surface area (Å²) in [5.41, 5.74) is 1.70. The summed E-state index contributed by atoms with van der Waals surface area (Å²) in [7, 11) is 0. The highest BCUT2D eigenvalue weighted by atomic mass is 32.1. The molecule has 1 aliphatic rings. The number of carbonyl (C=O) groups is 2.